The number of aryl methyl sites for hydroxylation is 1. The van der Waals surface area contributed by atoms with Gasteiger partial charge in [0.05, 0.1) is 11.9 Å². The molecule has 92 valence electrons. The molecular formula is C11H11ClN6. The van der Waals surface area contributed by atoms with Crippen LogP contribution < -0.4 is 5.73 Å². The summed E-state index contributed by atoms with van der Waals surface area (Å²) in [6, 6.07) is 3.54. The van der Waals surface area contributed by atoms with Crippen molar-refractivity contribution in [3.63, 3.8) is 0 Å². The monoisotopic (exact) mass is 262 g/mol. The first-order valence-electron chi connectivity index (χ1n) is 5.52. The van der Waals surface area contributed by atoms with Crippen molar-refractivity contribution in [3.05, 3.63) is 29.5 Å². The van der Waals surface area contributed by atoms with Crippen LogP contribution in [0.4, 0.5) is 5.95 Å². The first-order valence-corrected chi connectivity index (χ1v) is 5.90. The Morgan fingerprint density at radius 2 is 2.22 bits per heavy atom. The molecule has 0 aliphatic carbocycles. The second-order valence-electron chi connectivity index (χ2n) is 3.88. The third-order valence-electron chi connectivity index (χ3n) is 2.67. The third kappa shape index (κ3) is 1.70. The van der Waals surface area contributed by atoms with E-state index >= 15 is 0 Å². The second-order valence-corrected chi connectivity index (χ2v) is 4.32. The van der Waals surface area contributed by atoms with E-state index in [1.807, 2.05) is 23.9 Å². The van der Waals surface area contributed by atoms with Gasteiger partial charge in [-0.2, -0.15) is 10.1 Å². The first-order chi connectivity index (χ1) is 8.67. The van der Waals surface area contributed by atoms with E-state index in [-0.39, 0.29) is 5.95 Å². The van der Waals surface area contributed by atoms with Crippen LogP contribution in [0.25, 0.3) is 16.9 Å². The molecule has 0 radical (unpaired) electrons. The summed E-state index contributed by atoms with van der Waals surface area (Å²) in [6.07, 6.45) is 3.70. The molecule has 0 atom stereocenters. The molecule has 0 spiro atoms. The fourth-order valence-corrected chi connectivity index (χ4v) is 2.04. The summed E-state index contributed by atoms with van der Waals surface area (Å²) in [5.41, 5.74) is 7.98. The maximum atomic E-state index is 6.07. The van der Waals surface area contributed by atoms with Gasteiger partial charge in [-0.25, -0.2) is 4.52 Å². The van der Waals surface area contributed by atoms with Gasteiger partial charge in [-0.3, -0.25) is 4.68 Å². The summed E-state index contributed by atoms with van der Waals surface area (Å²) in [5.74, 6) is 0.224. The number of aromatic nitrogens is 5. The number of fused-ring (bicyclic) bond motifs is 1. The zero-order valence-electron chi connectivity index (χ0n) is 9.71. The van der Waals surface area contributed by atoms with Crippen LogP contribution in [0.3, 0.4) is 0 Å². The SMILES string of the molecule is CCn1cc(-c2cc(Cl)cc3nc(N)nn23)cn1. The molecule has 3 aromatic heterocycles. The number of nitrogen functional groups attached to an aromatic ring is 1. The predicted octanol–water partition coefficient (Wildman–Crippen LogP) is 1.85. The molecule has 3 aromatic rings. The Morgan fingerprint density at radius 3 is 2.94 bits per heavy atom. The van der Waals surface area contributed by atoms with Gasteiger partial charge in [-0.15, -0.1) is 5.10 Å². The summed E-state index contributed by atoms with van der Waals surface area (Å²) >= 11 is 6.07. The van der Waals surface area contributed by atoms with Crippen molar-refractivity contribution in [2.24, 2.45) is 0 Å². The second kappa shape index (κ2) is 3.99. The van der Waals surface area contributed by atoms with Crippen LogP contribution in [-0.4, -0.2) is 24.4 Å². The highest BCUT2D eigenvalue weighted by atomic mass is 35.5. The summed E-state index contributed by atoms with van der Waals surface area (Å²) < 4.78 is 3.50. The van der Waals surface area contributed by atoms with Crippen LogP contribution in [0.15, 0.2) is 24.5 Å². The molecule has 0 aliphatic heterocycles. The molecule has 0 unspecified atom stereocenters. The topological polar surface area (TPSA) is 74.0 Å². The number of hydrogen-bond donors (Lipinski definition) is 1. The quantitative estimate of drug-likeness (QED) is 0.765. The van der Waals surface area contributed by atoms with Crippen molar-refractivity contribution < 1.29 is 0 Å². The van der Waals surface area contributed by atoms with Gasteiger partial charge >= 0.3 is 0 Å². The average Bonchev–Trinajstić information content (AvgIpc) is 2.93. The maximum Gasteiger partial charge on any atom is 0.240 e. The van der Waals surface area contributed by atoms with Crippen LogP contribution in [0.5, 0.6) is 0 Å². The number of nitrogens with zero attached hydrogens (tertiary/aromatic N) is 5. The maximum absolute atomic E-state index is 6.07. The van der Waals surface area contributed by atoms with E-state index < -0.39 is 0 Å². The molecule has 6 nitrogen and oxygen atoms in total. The third-order valence-corrected chi connectivity index (χ3v) is 2.89. The van der Waals surface area contributed by atoms with E-state index in [2.05, 4.69) is 15.2 Å². The number of rotatable bonds is 2. The molecule has 3 rings (SSSR count). The number of nitrogens with two attached hydrogens (primary N) is 1. The van der Waals surface area contributed by atoms with Crippen LogP contribution in [0, 0.1) is 0 Å². The van der Waals surface area contributed by atoms with E-state index in [0.717, 1.165) is 17.8 Å². The Kier molecular flexibility index (Phi) is 2.45. The van der Waals surface area contributed by atoms with Gasteiger partial charge in [0, 0.05) is 29.4 Å². The lowest BCUT2D eigenvalue weighted by atomic mass is 10.2. The van der Waals surface area contributed by atoms with E-state index in [1.54, 1.807) is 16.8 Å². The molecule has 3 heterocycles. The molecule has 0 amide bonds. The Bertz CT molecular complexity index is 713. The lowest BCUT2D eigenvalue weighted by molar-refractivity contribution is 0.660. The van der Waals surface area contributed by atoms with Crippen LogP contribution in [-0.2, 0) is 6.54 Å². The Labute approximate surface area is 108 Å². The van der Waals surface area contributed by atoms with Gasteiger partial charge in [0.25, 0.3) is 0 Å². The molecule has 18 heavy (non-hydrogen) atoms. The largest absolute Gasteiger partial charge is 0.366 e. The number of pyridine rings is 1. The lowest BCUT2D eigenvalue weighted by Gasteiger charge is -2.01. The van der Waals surface area contributed by atoms with Crippen molar-refractivity contribution in [1.29, 1.82) is 0 Å². The van der Waals surface area contributed by atoms with Gasteiger partial charge < -0.3 is 5.73 Å². The molecule has 7 heteroatoms. The smallest absolute Gasteiger partial charge is 0.240 e. The molecule has 0 aliphatic rings. The van der Waals surface area contributed by atoms with E-state index in [1.165, 1.54) is 0 Å². The predicted molar refractivity (Wildman–Crippen MR) is 69.3 cm³/mol. The van der Waals surface area contributed by atoms with Crippen molar-refractivity contribution in [2.75, 3.05) is 5.73 Å². The van der Waals surface area contributed by atoms with Gasteiger partial charge in [-0.1, -0.05) is 11.6 Å². The van der Waals surface area contributed by atoms with Crippen molar-refractivity contribution in [3.8, 4) is 11.3 Å². The molecule has 0 saturated carbocycles. The van der Waals surface area contributed by atoms with Gasteiger partial charge in [0.1, 0.15) is 0 Å². The Balaban J connectivity index is 2.26. The van der Waals surface area contributed by atoms with Crippen LogP contribution in [0.2, 0.25) is 5.02 Å². The number of halogens is 1. The highest BCUT2D eigenvalue weighted by Gasteiger charge is 2.10. The molecule has 0 saturated heterocycles. The average molecular weight is 263 g/mol. The molecule has 2 N–H and O–H groups in total. The van der Waals surface area contributed by atoms with Crippen molar-refractivity contribution in [1.82, 2.24) is 24.4 Å². The molecule has 0 fully saturated rings. The summed E-state index contributed by atoms with van der Waals surface area (Å²) in [4.78, 5) is 4.11. The highest BCUT2D eigenvalue weighted by molar-refractivity contribution is 6.31. The van der Waals surface area contributed by atoms with Gasteiger partial charge in [0.15, 0.2) is 5.65 Å². The van der Waals surface area contributed by atoms with Crippen LogP contribution >= 0.6 is 11.6 Å². The van der Waals surface area contributed by atoms with Gasteiger partial charge in [-0.05, 0) is 13.0 Å². The minimum Gasteiger partial charge on any atom is -0.366 e. The lowest BCUT2D eigenvalue weighted by Crippen LogP contribution is -1.95. The van der Waals surface area contributed by atoms with Crippen molar-refractivity contribution >= 4 is 23.2 Å². The number of anilines is 1. The van der Waals surface area contributed by atoms with Crippen LogP contribution in [0.1, 0.15) is 6.92 Å². The Hall–Kier alpha value is -2.08. The molecule has 0 bridgehead atoms. The standard InChI is InChI=1S/C11H11ClN6/c1-2-17-6-7(5-14-17)9-3-8(12)4-10-15-11(13)16-18(9)10/h3-6H,2H2,1H3,(H2,13,16). The summed E-state index contributed by atoms with van der Waals surface area (Å²) in [6.45, 7) is 2.83. The van der Waals surface area contributed by atoms with E-state index in [4.69, 9.17) is 17.3 Å². The number of hydrogen-bond acceptors (Lipinski definition) is 4. The zero-order valence-corrected chi connectivity index (χ0v) is 10.5. The summed E-state index contributed by atoms with van der Waals surface area (Å²) in [7, 11) is 0. The normalized spacial score (nSPS) is 11.2. The minimum atomic E-state index is 0.224. The summed E-state index contributed by atoms with van der Waals surface area (Å²) in [5, 5.41) is 8.98. The fourth-order valence-electron chi connectivity index (χ4n) is 1.84. The van der Waals surface area contributed by atoms with E-state index in [9.17, 15) is 0 Å². The van der Waals surface area contributed by atoms with Crippen molar-refractivity contribution in [2.45, 2.75) is 13.5 Å². The molecule has 0 aromatic carbocycles. The fraction of sp³-hybridized carbons (Fsp3) is 0.182. The highest BCUT2D eigenvalue weighted by Crippen LogP contribution is 2.24. The zero-order chi connectivity index (χ0) is 12.7. The Morgan fingerprint density at radius 1 is 1.39 bits per heavy atom. The molecular weight excluding hydrogens is 252 g/mol. The minimum absolute atomic E-state index is 0.224. The first kappa shape index (κ1) is 11.0. The van der Waals surface area contributed by atoms with E-state index in [0.29, 0.717) is 10.7 Å². The van der Waals surface area contributed by atoms with Gasteiger partial charge in [0.2, 0.25) is 5.95 Å².